The molecular weight excluding hydrogens is 362 g/mol. The van der Waals surface area contributed by atoms with E-state index < -0.39 is 10.0 Å². The van der Waals surface area contributed by atoms with Crippen molar-refractivity contribution in [1.29, 1.82) is 0 Å². The Bertz CT molecular complexity index is 894. The molecule has 3 rings (SSSR count). The van der Waals surface area contributed by atoms with Crippen molar-refractivity contribution in [2.45, 2.75) is 43.9 Å². The van der Waals surface area contributed by atoms with Crippen molar-refractivity contribution in [2.75, 3.05) is 7.11 Å². The maximum atomic E-state index is 12.5. The van der Waals surface area contributed by atoms with Crippen LogP contribution in [0.5, 0.6) is 0 Å². The van der Waals surface area contributed by atoms with Crippen LogP contribution in [-0.4, -0.2) is 27.5 Å². The van der Waals surface area contributed by atoms with Gasteiger partial charge < -0.3 is 4.74 Å². The van der Waals surface area contributed by atoms with Crippen LogP contribution < -0.4 is 4.72 Å². The number of carbonyl (C=O) groups is 1. The maximum Gasteiger partial charge on any atom is 0.305 e. The van der Waals surface area contributed by atoms with E-state index in [1.807, 2.05) is 30.3 Å². The van der Waals surface area contributed by atoms with Gasteiger partial charge in [0.15, 0.2) is 0 Å². The first-order valence-electron chi connectivity index (χ1n) is 9.16. The van der Waals surface area contributed by atoms with E-state index in [9.17, 15) is 13.2 Å². The van der Waals surface area contributed by atoms with Crippen LogP contribution in [0.3, 0.4) is 0 Å². The largest absolute Gasteiger partial charge is 0.469 e. The molecule has 0 spiro atoms. The Morgan fingerprint density at radius 1 is 1.07 bits per heavy atom. The summed E-state index contributed by atoms with van der Waals surface area (Å²) in [5, 5.41) is 0. The third kappa shape index (κ3) is 5.65. The van der Waals surface area contributed by atoms with Crippen molar-refractivity contribution in [3.63, 3.8) is 0 Å². The van der Waals surface area contributed by atoms with Gasteiger partial charge >= 0.3 is 5.97 Å². The molecule has 5 nitrogen and oxygen atoms in total. The number of nitrogens with one attached hydrogen (secondary N) is 1. The van der Waals surface area contributed by atoms with Crippen molar-refractivity contribution in [1.82, 2.24) is 4.72 Å². The third-order valence-corrected chi connectivity index (χ3v) is 6.23. The summed E-state index contributed by atoms with van der Waals surface area (Å²) >= 11 is 0. The summed E-state index contributed by atoms with van der Waals surface area (Å²) in [7, 11) is -1.97. The number of carbonyl (C=O) groups excluding carboxylic acids is 1. The SMILES string of the molecule is COC(=O)CCCc1ccc2c(c1)CC(NS(=O)(=O)Cc1ccccc1)C2. The Morgan fingerprint density at radius 3 is 2.56 bits per heavy atom. The number of fused-ring (bicyclic) bond motifs is 1. The number of ether oxygens (including phenoxy) is 1. The Morgan fingerprint density at radius 2 is 1.81 bits per heavy atom. The minimum Gasteiger partial charge on any atom is -0.469 e. The quantitative estimate of drug-likeness (QED) is 0.707. The summed E-state index contributed by atoms with van der Waals surface area (Å²) in [6, 6.07) is 15.4. The Labute approximate surface area is 160 Å². The molecule has 1 atom stereocenters. The van der Waals surface area contributed by atoms with Crippen LogP contribution in [0, 0.1) is 0 Å². The molecule has 0 heterocycles. The monoisotopic (exact) mass is 387 g/mol. The molecule has 1 N–H and O–H groups in total. The van der Waals surface area contributed by atoms with Gasteiger partial charge in [0.2, 0.25) is 10.0 Å². The number of rotatable bonds is 8. The van der Waals surface area contributed by atoms with Crippen LogP contribution in [-0.2, 0) is 44.6 Å². The fourth-order valence-corrected chi connectivity index (χ4v) is 4.93. The van der Waals surface area contributed by atoms with Gasteiger partial charge in [-0.05, 0) is 47.9 Å². The fraction of sp³-hybridized carbons (Fsp3) is 0.381. The van der Waals surface area contributed by atoms with Gasteiger partial charge in [-0.1, -0.05) is 48.5 Å². The van der Waals surface area contributed by atoms with E-state index in [1.54, 1.807) is 0 Å². The first kappa shape index (κ1) is 19.6. The molecule has 2 aromatic rings. The van der Waals surface area contributed by atoms with Crippen molar-refractivity contribution in [2.24, 2.45) is 0 Å². The van der Waals surface area contributed by atoms with E-state index in [4.69, 9.17) is 0 Å². The highest BCUT2D eigenvalue weighted by atomic mass is 32.2. The van der Waals surface area contributed by atoms with Gasteiger partial charge in [0.05, 0.1) is 12.9 Å². The average molecular weight is 388 g/mol. The topological polar surface area (TPSA) is 72.5 Å². The molecule has 0 saturated carbocycles. The van der Waals surface area contributed by atoms with Crippen molar-refractivity contribution in [3.05, 3.63) is 70.8 Å². The number of methoxy groups -OCH3 is 1. The first-order valence-corrected chi connectivity index (χ1v) is 10.8. The van der Waals surface area contributed by atoms with E-state index in [0.717, 1.165) is 18.4 Å². The molecule has 1 aliphatic rings. The Balaban J connectivity index is 1.56. The number of benzene rings is 2. The zero-order valence-electron chi connectivity index (χ0n) is 15.5. The molecule has 1 unspecified atom stereocenters. The summed E-state index contributed by atoms with van der Waals surface area (Å²) < 4.78 is 32.4. The summed E-state index contributed by atoms with van der Waals surface area (Å²) in [5.74, 6) is -0.191. The molecule has 0 aromatic heterocycles. The van der Waals surface area contributed by atoms with Gasteiger partial charge in [0, 0.05) is 12.5 Å². The second kappa shape index (κ2) is 8.67. The lowest BCUT2D eigenvalue weighted by atomic mass is 10.0. The highest BCUT2D eigenvalue weighted by Gasteiger charge is 2.25. The van der Waals surface area contributed by atoms with E-state index in [0.29, 0.717) is 19.3 Å². The van der Waals surface area contributed by atoms with Gasteiger partial charge in [-0.3, -0.25) is 4.79 Å². The lowest BCUT2D eigenvalue weighted by molar-refractivity contribution is -0.140. The van der Waals surface area contributed by atoms with Crippen LogP contribution in [0.1, 0.15) is 35.1 Å². The molecule has 144 valence electrons. The lowest BCUT2D eigenvalue weighted by Gasteiger charge is -2.12. The molecule has 2 aromatic carbocycles. The van der Waals surface area contributed by atoms with E-state index in [2.05, 4.69) is 27.7 Å². The zero-order valence-corrected chi connectivity index (χ0v) is 16.3. The predicted octanol–water partition coefficient (Wildman–Crippen LogP) is 2.77. The predicted molar refractivity (Wildman–Crippen MR) is 105 cm³/mol. The molecule has 0 fully saturated rings. The third-order valence-electron chi connectivity index (χ3n) is 4.82. The van der Waals surface area contributed by atoms with E-state index >= 15 is 0 Å². The van der Waals surface area contributed by atoms with Gasteiger partial charge in [0.25, 0.3) is 0 Å². The van der Waals surface area contributed by atoms with Gasteiger partial charge in [0.1, 0.15) is 0 Å². The summed E-state index contributed by atoms with van der Waals surface area (Å²) in [4.78, 5) is 11.2. The molecule has 0 amide bonds. The molecular formula is C21H25NO4S. The zero-order chi connectivity index (χ0) is 19.3. The number of aryl methyl sites for hydroxylation is 1. The van der Waals surface area contributed by atoms with Crippen LogP contribution in [0.4, 0.5) is 0 Å². The number of sulfonamides is 1. The van der Waals surface area contributed by atoms with Crippen molar-refractivity contribution >= 4 is 16.0 Å². The molecule has 27 heavy (non-hydrogen) atoms. The van der Waals surface area contributed by atoms with Crippen LogP contribution >= 0.6 is 0 Å². The summed E-state index contributed by atoms with van der Waals surface area (Å²) in [5.41, 5.74) is 4.34. The van der Waals surface area contributed by atoms with E-state index in [1.165, 1.54) is 23.8 Å². The Hall–Kier alpha value is -2.18. The Kier molecular flexibility index (Phi) is 6.29. The second-order valence-corrected chi connectivity index (χ2v) is 8.75. The standard InChI is InChI=1S/C21H25NO4S/c1-26-21(23)9-5-8-16-10-11-18-13-20(14-19(18)12-16)22-27(24,25)15-17-6-3-2-4-7-17/h2-4,6-7,10-12,20,22H,5,8-9,13-15H2,1H3. The van der Waals surface area contributed by atoms with Crippen LogP contribution in [0.15, 0.2) is 48.5 Å². The van der Waals surface area contributed by atoms with Gasteiger partial charge in [-0.15, -0.1) is 0 Å². The van der Waals surface area contributed by atoms with Crippen LogP contribution in [0.25, 0.3) is 0 Å². The van der Waals surface area contributed by atoms with Crippen LogP contribution in [0.2, 0.25) is 0 Å². The lowest BCUT2D eigenvalue weighted by Crippen LogP contribution is -2.36. The first-order chi connectivity index (χ1) is 12.9. The van der Waals surface area contributed by atoms with Gasteiger partial charge in [-0.25, -0.2) is 13.1 Å². The van der Waals surface area contributed by atoms with Gasteiger partial charge in [-0.2, -0.15) is 0 Å². The summed E-state index contributed by atoms with van der Waals surface area (Å²) in [6.45, 7) is 0. The molecule has 0 aliphatic heterocycles. The summed E-state index contributed by atoms with van der Waals surface area (Å²) in [6.07, 6.45) is 3.39. The number of esters is 1. The number of hydrogen-bond donors (Lipinski definition) is 1. The van der Waals surface area contributed by atoms with Crippen molar-refractivity contribution in [3.8, 4) is 0 Å². The second-order valence-electron chi connectivity index (χ2n) is 7.00. The smallest absolute Gasteiger partial charge is 0.305 e. The average Bonchev–Trinajstić information content (AvgIpc) is 3.02. The van der Waals surface area contributed by atoms with Crippen molar-refractivity contribution < 1.29 is 17.9 Å². The minimum absolute atomic E-state index is 0.000532. The minimum atomic E-state index is -3.37. The fourth-order valence-electron chi connectivity index (χ4n) is 3.54. The molecule has 0 radical (unpaired) electrons. The normalized spacial score (nSPS) is 16.1. The molecule has 0 saturated heterocycles. The molecule has 1 aliphatic carbocycles. The molecule has 6 heteroatoms. The maximum absolute atomic E-state index is 12.5. The van der Waals surface area contributed by atoms with E-state index in [-0.39, 0.29) is 17.8 Å². The number of hydrogen-bond acceptors (Lipinski definition) is 4. The molecule has 0 bridgehead atoms. The highest BCUT2D eigenvalue weighted by molar-refractivity contribution is 7.88. The highest BCUT2D eigenvalue weighted by Crippen LogP contribution is 2.25.